The van der Waals surface area contributed by atoms with Gasteiger partial charge in [-0.1, -0.05) is 26.2 Å². The summed E-state index contributed by atoms with van der Waals surface area (Å²) in [5.41, 5.74) is -0.417. The first-order valence-corrected chi connectivity index (χ1v) is 9.56. The molecule has 0 saturated heterocycles. The largest absolute Gasteiger partial charge is 0.444 e. The van der Waals surface area contributed by atoms with Crippen LogP contribution in [0.5, 0.6) is 0 Å². The van der Waals surface area contributed by atoms with E-state index in [2.05, 4.69) is 17.6 Å². The van der Waals surface area contributed by atoms with Crippen LogP contribution in [0.4, 0.5) is 4.79 Å². The predicted molar refractivity (Wildman–Crippen MR) is 94.5 cm³/mol. The molecule has 0 radical (unpaired) electrons. The Morgan fingerprint density at radius 3 is 2.22 bits per heavy atom. The molecule has 0 spiro atoms. The standard InChI is InChI=1S/C19H36N2O2/c1-14-7-5-6-8-15(14)13-20-16-9-11-17(12-10-16)21-18(22)23-19(2,3)4/h14-17,20H,5-13H2,1-4H3,(H,21,22). The minimum atomic E-state index is -0.417. The van der Waals surface area contributed by atoms with Crippen molar-refractivity contribution < 1.29 is 9.53 Å². The zero-order valence-electron chi connectivity index (χ0n) is 15.5. The van der Waals surface area contributed by atoms with E-state index in [1.54, 1.807) is 0 Å². The first kappa shape index (κ1) is 18.6. The average Bonchev–Trinajstić information content (AvgIpc) is 2.46. The highest BCUT2D eigenvalue weighted by molar-refractivity contribution is 5.68. The van der Waals surface area contributed by atoms with Gasteiger partial charge in [0.15, 0.2) is 0 Å². The molecule has 2 atom stereocenters. The fraction of sp³-hybridized carbons (Fsp3) is 0.947. The maximum atomic E-state index is 11.8. The minimum absolute atomic E-state index is 0.273. The third-order valence-electron chi connectivity index (χ3n) is 5.41. The second kappa shape index (κ2) is 8.36. The van der Waals surface area contributed by atoms with Crippen LogP contribution in [0.15, 0.2) is 0 Å². The number of carbonyl (C=O) groups is 1. The Labute approximate surface area is 142 Å². The monoisotopic (exact) mass is 324 g/mol. The van der Waals surface area contributed by atoms with Crippen LogP contribution in [-0.2, 0) is 4.74 Å². The van der Waals surface area contributed by atoms with Gasteiger partial charge in [0, 0.05) is 12.1 Å². The first-order chi connectivity index (χ1) is 10.8. The van der Waals surface area contributed by atoms with Crippen molar-refractivity contribution in [2.75, 3.05) is 6.54 Å². The second-order valence-corrected chi connectivity index (χ2v) is 8.62. The Morgan fingerprint density at radius 2 is 1.61 bits per heavy atom. The van der Waals surface area contributed by atoms with Gasteiger partial charge in [0.2, 0.25) is 0 Å². The van der Waals surface area contributed by atoms with Crippen LogP contribution in [0.3, 0.4) is 0 Å². The summed E-state index contributed by atoms with van der Waals surface area (Å²) in [5.74, 6) is 1.74. The molecule has 4 nitrogen and oxygen atoms in total. The van der Waals surface area contributed by atoms with Crippen LogP contribution in [0.1, 0.15) is 79.1 Å². The van der Waals surface area contributed by atoms with Crippen molar-refractivity contribution in [3.05, 3.63) is 0 Å². The van der Waals surface area contributed by atoms with E-state index in [0.29, 0.717) is 6.04 Å². The molecular formula is C19H36N2O2. The van der Waals surface area contributed by atoms with Crippen LogP contribution < -0.4 is 10.6 Å². The molecule has 134 valence electrons. The highest BCUT2D eigenvalue weighted by Gasteiger charge is 2.26. The van der Waals surface area contributed by atoms with Gasteiger partial charge in [-0.25, -0.2) is 4.79 Å². The summed E-state index contributed by atoms with van der Waals surface area (Å²) >= 11 is 0. The zero-order chi connectivity index (χ0) is 16.9. The van der Waals surface area contributed by atoms with Crippen molar-refractivity contribution in [3.8, 4) is 0 Å². The molecule has 2 saturated carbocycles. The van der Waals surface area contributed by atoms with E-state index in [4.69, 9.17) is 4.74 Å². The molecule has 2 N–H and O–H groups in total. The Kier molecular flexibility index (Phi) is 6.75. The van der Waals surface area contributed by atoms with Crippen molar-refractivity contribution in [2.24, 2.45) is 11.8 Å². The smallest absolute Gasteiger partial charge is 0.407 e. The normalized spacial score (nSPS) is 32.3. The Bertz CT molecular complexity index is 370. The summed E-state index contributed by atoms with van der Waals surface area (Å²) in [6, 6.07) is 0.900. The fourth-order valence-electron chi connectivity index (χ4n) is 3.93. The van der Waals surface area contributed by atoms with Crippen LogP contribution in [0, 0.1) is 11.8 Å². The van der Waals surface area contributed by atoms with E-state index in [9.17, 15) is 4.79 Å². The van der Waals surface area contributed by atoms with Crippen molar-refractivity contribution in [2.45, 2.75) is 96.7 Å². The third-order valence-corrected chi connectivity index (χ3v) is 5.41. The highest BCUT2D eigenvalue weighted by atomic mass is 16.6. The number of hydrogen-bond acceptors (Lipinski definition) is 3. The quantitative estimate of drug-likeness (QED) is 0.813. The number of rotatable bonds is 4. The summed E-state index contributed by atoms with van der Waals surface area (Å²) in [5, 5.41) is 6.81. The van der Waals surface area contributed by atoms with E-state index in [1.165, 1.54) is 32.2 Å². The molecule has 2 rings (SSSR count). The van der Waals surface area contributed by atoms with Crippen molar-refractivity contribution in [1.29, 1.82) is 0 Å². The molecule has 23 heavy (non-hydrogen) atoms. The average molecular weight is 325 g/mol. The SMILES string of the molecule is CC1CCCCC1CNC1CCC(NC(=O)OC(C)(C)C)CC1. The van der Waals surface area contributed by atoms with Crippen molar-refractivity contribution in [1.82, 2.24) is 10.6 Å². The number of amides is 1. The number of hydrogen-bond donors (Lipinski definition) is 2. The molecular weight excluding hydrogens is 288 g/mol. The molecule has 0 aliphatic heterocycles. The molecule has 2 unspecified atom stereocenters. The van der Waals surface area contributed by atoms with Gasteiger partial charge >= 0.3 is 6.09 Å². The third kappa shape index (κ3) is 6.70. The minimum Gasteiger partial charge on any atom is -0.444 e. The lowest BCUT2D eigenvalue weighted by atomic mass is 9.80. The molecule has 1 amide bonds. The lowest BCUT2D eigenvalue weighted by molar-refractivity contribution is 0.0489. The summed E-state index contributed by atoms with van der Waals surface area (Å²) in [4.78, 5) is 11.8. The molecule has 0 heterocycles. The van der Waals surface area contributed by atoms with Crippen molar-refractivity contribution in [3.63, 3.8) is 0 Å². The van der Waals surface area contributed by atoms with Crippen LogP contribution in [-0.4, -0.2) is 30.3 Å². The van der Waals surface area contributed by atoms with Crippen LogP contribution >= 0.6 is 0 Å². The molecule has 0 bridgehead atoms. The van der Waals surface area contributed by atoms with Gasteiger partial charge in [0.25, 0.3) is 0 Å². The van der Waals surface area contributed by atoms with Gasteiger partial charge in [-0.3, -0.25) is 0 Å². The zero-order valence-corrected chi connectivity index (χ0v) is 15.5. The predicted octanol–water partition coefficient (Wildman–Crippen LogP) is 4.24. The van der Waals surface area contributed by atoms with Gasteiger partial charge in [0.05, 0.1) is 0 Å². The molecule has 2 aliphatic carbocycles. The van der Waals surface area contributed by atoms with Crippen molar-refractivity contribution >= 4 is 6.09 Å². The number of nitrogens with one attached hydrogen (secondary N) is 2. The Hall–Kier alpha value is -0.770. The lowest BCUT2D eigenvalue weighted by Crippen LogP contribution is -2.45. The Morgan fingerprint density at radius 1 is 1.00 bits per heavy atom. The first-order valence-electron chi connectivity index (χ1n) is 9.56. The summed E-state index contributed by atoms with van der Waals surface area (Å²) in [7, 11) is 0. The molecule has 0 aromatic heterocycles. The number of carbonyl (C=O) groups excluding carboxylic acids is 1. The molecule has 4 heteroatoms. The number of ether oxygens (including phenoxy) is 1. The van der Waals surface area contributed by atoms with Gasteiger partial charge in [-0.15, -0.1) is 0 Å². The number of alkyl carbamates (subject to hydrolysis) is 1. The molecule has 0 aromatic rings. The van der Waals surface area contributed by atoms with E-state index < -0.39 is 5.60 Å². The van der Waals surface area contributed by atoms with E-state index in [-0.39, 0.29) is 12.1 Å². The molecule has 2 aliphatic rings. The molecule has 0 aromatic carbocycles. The van der Waals surface area contributed by atoms with Crippen LogP contribution in [0.2, 0.25) is 0 Å². The summed E-state index contributed by atoms with van der Waals surface area (Å²) in [6.07, 6.45) is 9.76. The topological polar surface area (TPSA) is 50.4 Å². The van der Waals surface area contributed by atoms with Crippen LogP contribution in [0.25, 0.3) is 0 Å². The second-order valence-electron chi connectivity index (χ2n) is 8.62. The van der Waals surface area contributed by atoms with E-state index >= 15 is 0 Å². The highest BCUT2D eigenvalue weighted by Crippen LogP contribution is 2.29. The summed E-state index contributed by atoms with van der Waals surface area (Å²) in [6.45, 7) is 9.29. The van der Waals surface area contributed by atoms with Gasteiger partial charge in [-0.2, -0.15) is 0 Å². The van der Waals surface area contributed by atoms with E-state index in [1.807, 2.05) is 20.8 Å². The maximum absolute atomic E-state index is 11.8. The Balaban J connectivity index is 1.63. The molecule has 2 fully saturated rings. The van der Waals surface area contributed by atoms with Gasteiger partial charge in [0.1, 0.15) is 5.60 Å². The van der Waals surface area contributed by atoms with Gasteiger partial charge in [-0.05, 0) is 71.3 Å². The van der Waals surface area contributed by atoms with Gasteiger partial charge < -0.3 is 15.4 Å². The summed E-state index contributed by atoms with van der Waals surface area (Å²) < 4.78 is 5.34. The lowest BCUT2D eigenvalue weighted by Gasteiger charge is -2.34. The van der Waals surface area contributed by atoms with E-state index in [0.717, 1.165) is 37.5 Å². The fourth-order valence-corrected chi connectivity index (χ4v) is 3.93. The maximum Gasteiger partial charge on any atom is 0.407 e.